The second-order valence-corrected chi connectivity index (χ2v) is 6.34. The highest BCUT2D eigenvalue weighted by atomic mass is 35.5. The summed E-state index contributed by atoms with van der Waals surface area (Å²) < 4.78 is 0. The number of nitrogens with zero attached hydrogens (tertiary/aromatic N) is 1. The van der Waals surface area contributed by atoms with Gasteiger partial charge in [0.2, 0.25) is 11.8 Å². The summed E-state index contributed by atoms with van der Waals surface area (Å²) in [5, 5.41) is 2.69. The number of amides is 2. The average Bonchev–Trinajstić information content (AvgIpc) is 2.48. The molecule has 0 atom stereocenters. The Balaban J connectivity index is 0.00000484. The number of carbonyl (C=O) groups is 2. The van der Waals surface area contributed by atoms with Crippen molar-refractivity contribution < 1.29 is 9.59 Å². The van der Waals surface area contributed by atoms with Crippen LogP contribution >= 0.6 is 12.4 Å². The molecule has 0 aromatic heterocycles. The molecule has 0 fully saturated rings. The lowest BCUT2D eigenvalue weighted by Gasteiger charge is -2.24. The number of rotatable bonds is 7. The van der Waals surface area contributed by atoms with Crippen molar-refractivity contribution >= 4 is 24.2 Å². The van der Waals surface area contributed by atoms with Crippen LogP contribution in [0, 0.1) is 5.41 Å². The third kappa shape index (κ3) is 8.00. The highest BCUT2D eigenvalue weighted by Crippen LogP contribution is 2.12. The highest BCUT2D eigenvalue weighted by Gasteiger charge is 2.22. The number of hydrogen-bond donors (Lipinski definition) is 2. The number of nitrogens with two attached hydrogens (primary N) is 1. The zero-order valence-corrected chi connectivity index (χ0v) is 15.0. The molecule has 1 aromatic rings. The van der Waals surface area contributed by atoms with Gasteiger partial charge in [0.25, 0.3) is 0 Å². The summed E-state index contributed by atoms with van der Waals surface area (Å²) >= 11 is 0. The molecule has 0 bridgehead atoms. The van der Waals surface area contributed by atoms with Crippen LogP contribution < -0.4 is 11.1 Å². The second kappa shape index (κ2) is 10.2. The maximum absolute atomic E-state index is 12.2. The lowest BCUT2D eigenvalue weighted by molar-refractivity contribution is -0.135. The van der Waals surface area contributed by atoms with Gasteiger partial charge in [0.15, 0.2) is 0 Å². The van der Waals surface area contributed by atoms with E-state index in [1.807, 2.05) is 51.1 Å². The van der Waals surface area contributed by atoms with E-state index in [4.69, 9.17) is 5.73 Å². The van der Waals surface area contributed by atoms with Gasteiger partial charge in [-0.3, -0.25) is 9.59 Å². The zero-order chi connectivity index (χ0) is 16.6. The third-order valence-corrected chi connectivity index (χ3v) is 3.35. The molecule has 23 heavy (non-hydrogen) atoms. The van der Waals surface area contributed by atoms with E-state index in [0.717, 1.165) is 6.42 Å². The summed E-state index contributed by atoms with van der Waals surface area (Å²) in [6.45, 7) is 6.99. The fourth-order valence-electron chi connectivity index (χ4n) is 1.96. The summed E-state index contributed by atoms with van der Waals surface area (Å²) in [5.41, 5.74) is 6.26. The van der Waals surface area contributed by atoms with Gasteiger partial charge in [0, 0.05) is 25.0 Å². The quantitative estimate of drug-likeness (QED) is 0.791. The number of hydrogen-bond acceptors (Lipinski definition) is 3. The average molecular weight is 342 g/mol. The topological polar surface area (TPSA) is 75.4 Å². The fraction of sp³-hybridized carbons (Fsp3) is 0.529. The highest BCUT2D eigenvalue weighted by molar-refractivity contribution is 5.87. The van der Waals surface area contributed by atoms with Gasteiger partial charge in [-0.25, -0.2) is 0 Å². The first kappa shape index (κ1) is 21.4. The fourth-order valence-corrected chi connectivity index (χ4v) is 1.96. The van der Waals surface area contributed by atoms with Crippen LogP contribution in [-0.4, -0.2) is 42.9 Å². The van der Waals surface area contributed by atoms with Crippen molar-refractivity contribution in [1.29, 1.82) is 0 Å². The molecule has 0 aliphatic rings. The molecule has 1 aromatic carbocycles. The van der Waals surface area contributed by atoms with E-state index in [0.29, 0.717) is 19.6 Å². The summed E-state index contributed by atoms with van der Waals surface area (Å²) in [7, 11) is 0. The van der Waals surface area contributed by atoms with Gasteiger partial charge >= 0.3 is 0 Å². The normalized spacial score (nSPS) is 10.6. The maximum atomic E-state index is 12.2. The molecular weight excluding hydrogens is 314 g/mol. The van der Waals surface area contributed by atoms with Crippen molar-refractivity contribution in [3.8, 4) is 0 Å². The van der Waals surface area contributed by atoms with E-state index in [2.05, 4.69) is 5.32 Å². The molecule has 0 radical (unpaired) electrons. The van der Waals surface area contributed by atoms with Crippen molar-refractivity contribution in [2.45, 2.75) is 27.2 Å². The van der Waals surface area contributed by atoms with Crippen molar-refractivity contribution in [2.24, 2.45) is 11.1 Å². The SMILES string of the molecule is CC(C)(C)C(=O)NCC(=O)N(CCN)CCc1ccccc1.Cl. The number of carbonyl (C=O) groups excluding carboxylic acids is 2. The molecule has 0 heterocycles. The van der Waals surface area contributed by atoms with Crippen LogP contribution in [0.25, 0.3) is 0 Å². The standard InChI is InChI=1S/C17H27N3O2.ClH/c1-17(2,3)16(22)19-13-15(21)20(12-10-18)11-9-14-7-5-4-6-8-14;/h4-8H,9-13,18H2,1-3H3,(H,19,22);1H. The Bertz CT molecular complexity index is 486. The molecule has 0 saturated carbocycles. The number of nitrogens with one attached hydrogen (secondary N) is 1. The molecule has 1 rings (SSSR count). The van der Waals surface area contributed by atoms with E-state index in [1.165, 1.54) is 5.56 Å². The van der Waals surface area contributed by atoms with Gasteiger partial charge in [-0.2, -0.15) is 0 Å². The second-order valence-electron chi connectivity index (χ2n) is 6.34. The number of benzene rings is 1. The summed E-state index contributed by atoms with van der Waals surface area (Å²) in [5.74, 6) is -0.226. The molecule has 6 heteroatoms. The van der Waals surface area contributed by atoms with Gasteiger partial charge < -0.3 is 16.0 Å². The first-order valence-corrected chi connectivity index (χ1v) is 7.64. The Labute approximate surface area is 145 Å². The van der Waals surface area contributed by atoms with E-state index >= 15 is 0 Å². The van der Waals surface area contributed by atoms with Crippen LogP contribution in [0.5, 0.6) is 0 Å². The minimum Gasteiger partial charge on any atom is -0.347 e. The Hall–Kier alpha value is -1.59. The molecule has 0 unspecified atom stereocenters. The van der Waals surface area contributed by atoms with E-state index < -0.39 is 5.41 Å². The Morgan fingerprint density at radius 1 is 1.13 bits per heavy atom. The Morgan fingerprint density at radius 2 is 1.74 bits per heavy atom. The largest absolute Gasteiger partial charge is 0.347 e. The predicted octanol–water partition coefficient (Wildman–Crippen LogP) is 1.60. The molecule has 2 amide bonds. The summed E-state index contributed by atoms with van der Waals surface area (Å²) in [6, 6.07) is 10.00. The van der Waals surface area contributed by atoms with Crippen LogP contribution in [0.1, 0.15) is 26.3 Å². The molecule has 3 N–H and O–H groups in total. The van der Waals surface area contributed by atoms with Crippen LogP contribution in [0.4, 0.5) is 0 Å². The zero-order valence-electron chi connectivity index (χ0n) is 14.2. The molecule has 0 saturated heterocycles. The molecule has 130 valence electrons. The monoisotopic (exact) mass is 341 g/mol. The molecule has 5 nitrogen and oxygen atoms in total. The molecular formula is C17H28ClN3O2. The minimum atomic E-state index is -0.497. The van der Waals surface area contributed by atoms with Gasteiger partial charge in [-0.1, -0.05) is 51.1 Å². The van der Waals surface area contributed by atoms with Crippen molar-refractivity contribution in [1.82, 2.24) is 10.2 Å². The summed E-state index contributed by atoms with van der Waals surface area (Å²) in [6.07, 6.45) is 0.778. The lowest BCUT2D eigenvalue weighted by Crippen LogP contribution is -2.45. The first-order chi connectivity index (χ1) is 10.3. The smallest absolute Gasteiger partial charge is 0.242 e. The maximum Gasteiger partial charge on any atom is 0.242 e. The van der Waals surface area contributed by atoms with E-state index in [9.17, 15) is 9.59 Å². The first-order valence-electron chi connectivity index (χ1n) is 7.64. The van der Waals surface area contributed by atoms with Gasteiger partial charge in [0.05, 0.1) is 6.54 Å². The van der Waals surface area contributed by atoms with E-state index in [-0.39, 0.29) is 30.8 Å². The van der Waals surface area contributed by atoms with Crippen LogP contribution in [0.15, 0.2) is 30.3 Å². The summed E-state index contributed by atoms with van der Waals surface area (Å²) in [4.78, 5) is 25.8. The Morgan fingerprint density at radius 3 is 2.26 bits per heavy atom. The molecule has 0 aliphatic carbocycles. The Kier molecular flexibility index (Phi) is 9.53. The van der Waals surface area contributed by atoms with Gasteiger partial charge in [0.1, 0.15) is 0 Å². The van der Waals surface area contributed by atoms with Crippen LogP contribution in [-0.2, 0) is 16.0 Å². The minimum absolute atomic E-state index is 0. The number of halogens is 1. The predicted molar refractivity (Wildman–Crippen MR) is 95.5 cm³/mol. The van der Waals surface area contributed by atoms with Crippen molar-refractivity contribution in [3.05, 3.63) is 35.9 Å². The van der Waals surface area contributed by atoms with E-state index in [1.54, 1.807) is 4.90 Å². The van der Waals surface area contributed by atoms with Gasteiger partial charge in [-0.15, -0.1) is 12.4 Å². The molecule has 0 spiro atoms. The lowest BCUT2D eigenvalue weighted by atomic mass is 9.96. The van der Waals surface area contributed by atoms with Crippen LogP contribution in [0.3, 0.4) is 0 Å². The third-order valence-electron chi connectivity index (χ3n) is 3.35. The van der Waals surface area contributed by atoms with Crippen molar-refractivity contribution in [2.75, 3.05) is 26.2 Å². The molecule has 0 aliphatic heterocycles. The van der Waals surface area contributed by atoms with Gasteiger partial charge in [-0.05, 0) is 12.0 Å². The van der Waals surface area contributed by atoms with Crippen LogP contribution in [0.2, 0.25) is 0 Å². The van der Waals surface area contributed by atoms with Crippen molar-refractivity contribution in [3.63, 3.8) is 0 Å².